The van der Waals surface area contributed by atoms with Crippen LogP contribution in [0.4, 0.5) is 0 Å². The molecule has 124 valence electrons. The van der Waals surface area contributed by atoms with Crippen molar-refractivity contribution in [3.05, 3.63) is 56.2 Å². The molecule has 0 radical (unpaired) electrons. The summed E-state index contributed by atoms with van der Waals surface area (Å²) < 4.78 is 0.760. The molecular formula is C17H20Cl2N2OS. The van der Waals surface area contributed by atoms with Gasteiger partial charge in [-0.05, 0) is 50.3 Å². The van der Waals surface area contributed by atoms with Gasteiger partial charge in [0.05, 0.1) is 10.4 Å². The number of halogens is 2. The van der Waals surface area contributed by atoms with E-state index in [2.05, 4.69) is 10.2 Å². The second-order valence-electron chi connectivity index (χ2n) is 5.54. The highest BCUT2D eigenvalue weighted by molar-refractivity contribution is 7.16. The first kappa shape index (κ1) is 18.3. The summed E-state index contributed by atoms with van der Waals surface area (Å²) >= 11 is 13.4. The summed E-state index contributed by atoms with van der Waals surface area (Å²) in [6, 6.07) is 11.7. The van der Waals surface area contributed by atoms with Gasteiger partial charge in [-0.2, -0.15) is 0 Å². The smallest absolute Gasteiger partial charge is 0.220 e. The molecule has 1 N–H and O–H groups in total. The number of thiophene rings is 1. The van der Waals surface area contributed by atoms with E-state index in [1.54, 1.807) is 0 Å². The number of nitrogens with one attached hydrogen (secondary N) is 1. The number of hydrogen-bond donors (Lipinski definition) is 1. The molecule has 0 aliphatic carbocycles. The summed E-state index contributed by atoms with van der Waals surface area (Å²) in [4.78, 5) is 15.3. The van der Waals surface area contributed by atoms with E-state index in [-0.39, 0.29) is 11.9 Å². The molecule has 23 heavy (non-hydrogen) atoms. The van der Waals surface area contributed by atoms with Crippen molar-refractivity contribution >= 4 is 40.4 Å². The number of rotatable bonds is 7. The number of benzene rings is 1. The Balaban J connectivity index is 1.85. The fourth-order valence-corrected chi connectivity index (χ4v) is 3.52. The third-order valence-electron chi connectivity index (χ3n) is 3.60. The fraction of sp³-hybridized carbons (Fsp3) is 0.353. The maximum atomic E-state index is 12.1. The van der Waals surface area contributed by atoms with E-state index >= 15 is 0 Å². The average molecular weight is 371 g/mol. The van der Waals surface area contributed by atoms with Crippen LogP contribution in [-0.2, 0) is 11.2 Å². The second kappa shape index (κ2) is 8.69. The van der Waals surface area contributed by atoms with Gasteiger partial charge < -0.3 is 10.2 Å². The van der Waals surface area contributed by atoms with E-state index < -0.39 is 0 Å². The van der Waals surface area contributed by atoms with Crippen LogP contribution in [0.3, 0.4) is 0 Å². The lowest BCUT2D eigenvalue weighted by Crippen LogP contribution is -2.34. The number of nitrogens with zero attached hydrogens (tertiary/aromatic N) is 1. The summed E-state index contributed by atoms with van der Waals surface area (Å²) in [5.74, 6) is 0.0512. The van der Waals surface area contributed by atoms with Gasteiger partial charge in [0.1, 0.15) is 0 Å². The number of amides is 1. The molecule has 3 nitrogen and oxygen atoms in total. The quantitative estimate of drug-likeness (QED) is 0.782. The monoisotopic (exact) mass is 370 g/mol. The van der Waals surface area contributed by atoms with Gasteiger partial charge in [0.15, 0.2) is 0 Å². The van der Waals surface area contributed by atoms with Crippen molar-refractivity contribution in [2.45, 2.75) is 18.9 Å². The molecule has 0 saturated carbocycles. The normalized spacial score (nSPS) is 12.4. The summed E-state index contributed by atoms with van der Waals surface area (Å²) in [5, 5.41) is 3.73. The SMILES string of the molecule is CN(C)[C@@H](CNC(=O)CCc1ccc(Cl)s1)c1ccc(Cl)cc1. The van der Waals surface area contributed by atoms with E-state index in [1.807, 2.05) is 50.5 Å². The van der Waals surface area contributed by atoms with Crippen LogP contribution in [0.1, 0.15) is 22.9 Å². The Hall–Kier alpha value is -1.07. The third kappa shape index (κ3) is 5.81. The molecule has 2 rings (SSSR count). The van der Waals surface area contributed by atoms with Gasteiger partial charge in [-0.3, -0.25) is 4.79 Å². The van der Waals surface area contributed by atoms with Crippen LogP contribution in [0.5, 0.6) is 0 Å². The molecule has 1 heterocycles. The Kier molecular flexibility index (Phi) is 6.90. The molecular weight excluding hydrogens is 351 g/mol. The molecule has 0 bridgehead atoms. The minimum absolute atomic E-state index is 0.0512. The first-order chi connectivity index (χ1) is 11.0. The van der Waals surface area contributed by atoms with Crippen molar-refractivity contribution in [3.8, 4) is 0 Å². The number of likely N-dealkylation sites (N-methyl/N-ethyl adjacent to an activating group) is 1. The number of carbonyl (C=O) groups excluding carboxylic acids is 1. The van der Waals surface area contributed by atoms with Crippen LogP contribution in [0, 0.1) is 0 Å². The fourth-order valence-electron chi connectivity index (χ4n) is 2.31. The molecule has 1 atom stereocenters. The second-order valence-corrected chi connectivity index (χ2v) is 7.78. The van der Waals surface area contributed by atoms with Crippen molar-refractivity contribution in [1.82, 2.24) is 10.2 Å². The summed E-state index contributed by atoms with van der Waals surface area (Å²) in [7, 11) is 4.00. The molecule has 1 aromatic carbocycles. The van der Waals surface area contributed by atoms with E-state index in [9.17, 15) is 4.79 Å². The minimum atomic E-state index is 0.0512. The van der Waals surface area contributed by atoms with Gasteiger partial charge >= 0.3 is 0 Å². The molecule has 1 aromatic heterocycles. The molecule has 6 heteroatoms. The average Bonchev–Trinajstić information content (AvgIpc) is 2.92. The van der Waals surface area contributed by atoms with Crippen LogP contribution in [-0.4, -0.2) is 31.4 Å². The summed E-state index contributed by atoms with van der Waals surface area (Å²) in [6.07, 6.45) is 1.19. The lowest BCUT2D eigenvalue weighted by atomic mass is 10.1. The molecule has 0 fully saturated rings. The van der Waals surface area contributed by atoms with Gasteiger partial charge in [0, 0.05) is 22.9 Å². The van der Waals surface area contributed by atoms with Gasteiger partial charge in [-0.1, -0.05) is 35.3 Å². The standard InChI is InChI=1S/C17H20Cl2N2OS/c1-21(2)15(12-3-5-13(18)6-4-12)11-20-17(22)10-8-14-7-9-16(19)23-14/h3-7,9,15H,8,10-11H2,1-2H3,(H,20,22)/t15-/m0/s1. The van der Waals surface area contributed by atoms with Crippen molar-refractivity contribution in [2.75, 3.05) is 20.6 Å². The molecule has 0 aliphatic heterocycles. The highest BCUT2D eigenvalue weighted by Gasteiger charge is 2.15. The molecule has 1 amide bonds. The maximum Gasteiger partial charge on any atom is 0.220 e. The Bertz CT molecular complexity index is 640. The third-order valence-corrected chi connectivity index (χ3v) is 5.14. The van der Waals surface area contributed by atoms with E-state index in [4.69, 9.17) is 23.2 Å². The maximum absolute atomic E-state index is 12.1. The number of aryl methyl sites for hydroxylation is 1. The van der Waals surface area contributed by atoms with Gasteiger partial charge in [-0.25, -0.2) is 0 Å². The van der Waals surface area contributed by atoms with Crippen LogP contribution in [0.2, 0.25) is 9.36 Å². The van der Waals surface area contributed by atoms with Crippen LogP contribution < -0.4 is 5.32 Å². The highest BCUT2D eigenvalue weighted by Crippen LogP contribution is 2.23. The summed E-state index contributed by atoms with van der Waals surface area (Å²) in [5.41, 5.74) is 1.13. The van der Waals surface area contributed by atoms with Gasteiger partial charge in [0.2, 0.25) is 5.91 Å². The predicted molar refractivity (Wildman–Crippen MR) is 98.5 cm³/mol. The molecule has 2 aromatic rings. The Morgan fingerprint density at radius 3 is 2.43 bits per heavy atom. The molecule has 0 unspecified atom stereocenters. The minimum Gasteiger partial charge on any atom is -0.354 e. The van der Waals surface area contributed by atoms with Crippen molar-refractivity contribution in [2.24, 2.45) is 0 Å². The van der Waals surface area contributed by atoms with E-state index in [0.717, 1.165) is 21.2 Å². The molecule has 0 spiro atoms. The first-order valence-corrected chi connectivity index (χ1v) is 8.96. The number of carbonyl (C=O) groups is 1. The van der Waals surface area contributed by atoms with Crippen molar-refractivity contribution in [1.29, 1.82) is 0 Å². The van der Waals surface area contributed by atoms with Crippen LogP contribution in [0.25, 0.3) is 0 Å². The van der Waals surface area contributed by atoms with Gasteiger partial charge in [0.25, 0.3) is 0 Å². The van der Waals surface area contributed by atoms with Crippen LogP contribution in [0.15, 0.2) is 36.4 Å². The largest absolute Gasteiger partial charge is 0.354 e. The zero-order valence-electron chi connectivity index (χ0n) is 13.2. The van der Waals surface area contributed by atoms with Crippen LogP contribution >= 0.6 is 34.5 Å². The Labute approximate surface area is 151 Å². The molecule has 0 aliphatic rings. The first-order valence-electron chi connectivity index (χ1n) is 7.38. The van der Waals surface area contributed by atoms with E-state index in [1.165, 1.54) is 11.3 Å². The highest BCUT2D eigenvalue weighted by atomic mass is 35.5. The Morgan fingerprint density at radius 2 is 1.87 bits per heavy atom. The zero-order valence-corrected chi connectivity index (χ0v) is 15.5. The lowest BCUT2D eigenvalue weighted by molar-refractivity contribution is -0.121. The molecule has 0 saturated heterocycles. The van der Waals surface area contributed by atoms with Gasteiger partial charge in [-0.15, -0.1) is 11.3 Å². The summed E-state index contributed by atoms with van der Waals surface area (Å²) in [6.45, 7) is 0.568. The Morgan fingerprint density at radius 1 is 1.17 bits per heavy atom. The lowest BCUT2D eigenvalue weighted by Gasteiger charge is -2.25. The zero-order chi connectivity index (χ0) is 16.8. The van der Waals surface area contributed by atoms with E-state index in [0.29, 0.717) is 18.0 Å². The van der Waals surface area contributed by atoms with Crippen molar-refractivity contribution in [3.63, 3.8) is 0 Å². The van der Waals surface area contributed by atoms with Crippen molar-refractivity contribution < 1.29 is 4.79 Å². The number of hydrogen-bond acceptors (Lipinski definition) is 3. The topological polar surface area (TPSA) is 32.3 Å². The predicted octanol–water partition coefficient (Wildman–Crippen LogP) is 4.41.